The van der Waals surface area contributed by atoms with Crippen LogP contribution in [0.1, 0.15) is 27.7 Å². The van der Waals surface area contributed by atoms with Crippen molar-refractivity contribution >= 4 is 11.9 Å². The van der Waals surface area contributed by atoms with Crippen LogP contribution >= 0.6 is 0 Å². The van der Waals surface area contributed by atoms with Crippen molar-refractivity contribution in [1.29, 1.82) is 0 Å². The van der Waals surface area contributed by atoms with E-state index in [1.54, 1.807) is 4.90 Å². The number of hydrogen-bond donors (Lipinski definition) is 0. The average molecular weight is 283 g/mol. The summed E-state index contributed by atoms with van der Waals surface area (Å²) >= 11 is 0. The fourth-order valence-electron chi connectivity index (χ4n) is 2.61. The summed E-state index contributed by atoms with van der Waals surface area (Å²) in [5, 5.41) is 0. The van der Waals surface area contributed by atoms with Crippen molar-refractivity contribution in [3.8, 4) is 0 Å². The van der Waals surface area contributed by atoms with E-state index in [1.807, 2.05) is 19.9 Å². The minimum Gasteiger partial charge on any atom is -0.461 e. The lowest BCUT2D eigenvalue weighted by Gasteiger charge is -2.30. The van der Waals surface area contributed by atoms with Crippen LogP contribution in [-0.2, 0) is 23.8 Å². The van der Waals surface area contributed by atoms with Gasteiger partial charge in [-0.25, -0.2) is 0 Å². The molecule has 0 spiro atoms. The second-order valence-electron chi connectivity index (χ2n) is 5.54. The molecule has 0 aromatic carbocycles. The summed E-state index contributed by atoms with van der Waals surface area (Å²) in [4.78, 5) is 24.4. The van der Waals surface area contributed by atoms with Gasteiger partial charge in [-0.3, -0.25) is 9.59 Å². The number of nitrogens with zero attached hydrogens (tertiary/aromatic N) is 1. The van der Waals surface area contributed by atoms with Crippen LogP contribution in [0.3, 0.4) is 0 Å². The molecule has 0 bridgehead atoms. The predicted octanol–water partition coefficient (Wildman–Crippen LogP) is 0.858. The third-order valence-electron chi connectivity index (χ3n) is 3.49. The van der Waals surface area contributed by atoms with Gasteiger partial charge in [-0.05, 0) is 19.4 Å². The predicted molar refractivity (Wildman–Crippen MR) is 70.8 cm³/mol. The molecule has 2 aliphatic heterocycles. The van der Waals surface area contributed by atoms with Crippen LogP contribution in [0.15, 0.2) is 11.6 Å². The van der Waals surface area contributed by atoms with Crippen LogP contribution in [0, 0.1) is 0 Å². The molecule has 20 heavy (non-hydrogen) atoms. The van der Waals surface area contributed by atoms with Gasteiger partial charge in [-0.15, -0.1) is 0 Å². The Morgan fingerprint density at radius 2 is 2.15 bits per heavy atom. The first-order valence-electron chi connectivity index (χ1n) is 6.71. The van der Waals surface area contributed by atoms with Crippen molar-refractivity contribution < 1.29 is 23.8 Å². The molecule has 0 N–H and O–H groups in total. The standard InChI is InChI=1S/C14H21NO5/c1-9(16)15-6-5-11(7-18-10(2)17)13(15)12-8-19-14(3,4)20-12/h5,12-13H,6-8H2,1-4H3/t12-,13+/m1/s1. The lowest BCUT2D eigenvalue weighted by molar-refractivity contribution is -0.150. The minimum atomic E-state index is -0.651. The number of carbonyl (C=O) groups excluding carboxylic acids is 2. The van der Waals surface area contributed by atoms with E-state index in [0.29, 0.717) is 13.2 Å². The first-order valence-corrected chi connectivity index (χ1v) is 6.71. The molecule has 2 aliphatic rings. The molecule has 0 saturated carbocycles. The lowest BCUT2D eigenvalue weighted by atomic mass is 10.0. The minimum absolute atomic E-state index is 0.0302. The third kappa shape index (κ3) is 3.19. The molecule has 0 aromatic rings. The lowest BCUT2D eigenvalue weighted by Crippen LogP contribution is -2.46. The number of carbonyl (C=O) groups is 2. The van der Waals surface area contributed by atoms with Crippen LogP contribution in [0.25, 0.3) is 0 Å². The van der Waals surface area contributed by atoms with Gasteiger partial charge < -0.3 is 19.1 Å². The Labute approximate surface area is 118 Å². The summed E-state index contributed by atoms with van der Waals surface area (Å²) in [7, 11) is 0. The Morgan fingerprint density at radius 1 is 1.45 bits per heavy atom. The first-order chi connectivity index (χ1) is 9.30. The molecule has 0 aromatic heterocycles. The summed E-state index contributed by atoms with van der Waals surface area (Å²) in [6, 6.07) is -0.228. The molecule has 1 saturated heterocycles. The van der Waals surface area contributed by atoms with Gasteiger partial charge >= 0.3 is 5.97 Å². The number of ether oxygens (including phenoxy) is 3. The highest BCUT2D eigenvalue weighted by atomic mass is 16.7. The molecule has 6 nitrogen and oxygen atoms in total. The second kappa shape index (κ2) is 5.54. The average Bonchev–Trinajstić information content (AvgIpc) is 2.89. The zero-order valence-electron chi connectivity index (χ0n) is 12.3. The first kappa shape index (κ1) is 15.0. The van der Waals surface area contributed by atoms with Crippen LogP contribution in [0.5, 0.6) is 0 Å². The summed E-state index contributed by atoms with van der Waals surface area (Å²) in [6.45, 7) is 7.69. The number of esters is 1. The van der Waals surface area contributed by atoms with E-state index in [1.165, 1.54) is 13.8 Å². The van der Waals surface area contributed by atoms with Crippen molar-refractivity contribution in [3.63, 3.8) is 0 Å². The molecule has 112 valence electrons. The fourth-order valence-corrected chi connectivity index (χ4v) is 2.61. The van der Waals surface area contributed by atoms with Gasteiger partial charge in [0.2, 0.25) is 5.91 Å². The summed E-state index contributed by atoms with van der Waals surface area (Å²) < 4.78 is 16.5. The maximum Gasteiger partial charge on any atom is 0.302 e. The van der Waals surface area contributed by atoms with Gasteiger partial charge in [0.05, 0.1) is 12.6 Å². The highest BCUT2D eigenvalue weighted by Crippen LogP contribution is 2.32. The van der Waals surface area contributed by atoms with Gasteiger partial charge in [-0.1, -0.05) is 6.08 Å². The van der Waals surface area contributed by atoms with Crippen molar-refractivity contribution in [2.45, 2.75) is 45.6 Å². The van der Waals surface area contributed by atoms with Crippen LogP contribution in [-0.4, -0.2) is 54.5 Å². The molecule has 1 fully saturated rings. The monoisotopic (exact) mass is 283 g/mol. The van der Waals surface area contributed by atoms with E-state index >= 15 is 0 Å². The van der Waals surface area contributed by atoms with Gasteiger partial charge in [0, 0.05) is 20.4 Å². The highest BCUT2D eigenvalue weighted by molar-refractivity contribution is 5.75. The van der Waals surface area contributed by atoms with Crippen molar-refractivity contribution in [3.05, 3.63) is 11.6 Å². The normalized spacial score (nSPS) is 28.4. The molecule has 2 atom stereocenters. The maximum absolute atomic E-state index is 11.7. The molecule has 0 unspecified atom stereocenters. The van der Waals surface area contributed by atoms with E-state index in [9.17, 15) is 9.59 Å². The molecule has 0 radical (unpaired) electrons. The molecular weight excluding hydrogens is 262 g/mol. The van der Waals surface area contributed by atoms with E-state index in [4.69, 9.17) is 14.2 Å². The molecule has 0 aliphatic carbocycles. The van der Waals surface area contributed by atoms with Crippen molar-refractivity contribution in [1.82, 2.24) is 4.90 Å². The molecule has 2 rings (SSSR count). The zero-order valence-corrected chi connectivity index (χ0v) is 12.3. The zero-order chi connectivity index (χ0) is 14.9. The number of rotatable bonds is 3. The topological polar surface area (TPSA) is 65.1 Å². The molecule has 1 amide bonds. The van der Waals surface area contributed by atoms with Crippen LogP contribution in [0.2, 0.25) is 0 Å². The van der Waals surface area contributed by atoms with Gasteiger partial charge in [0.15, 0.2) is 5.79 Å². The molecule has 2 heterocycles. The van der Waals surface area contributed by atoms with Crippen molar-refractivity contribution in [2.24, 2.45) is 0 Å². The Hall–Kier alpha value is -1.40. The third-order valence-corrected chi connectivity index (χ3v) is 3.49. The van der Waals surface area contributed by atoms with Crippen molar-refractivity contribution in [2.75, 3.05) is 19.8 Å². The molecular formula is C14H21NO5. The number of amides is 1. The van der Waals surface area contributed by atoms with E-state index in [0.717, 1.165) is 5.57 Å². The van der Waals surface area contributed by atoms with Gasteiger partial charge in [-0.2, -0.15) is 0 Å². The van der Waals surface area contributed by atoms with Gasteiger partial charge in [0.1, 0.15) is 12.7 Å². The van der Waals surface area contributed by atoms with E-state index < -0.39 is 5.79 Å². The van der Waals surface area contributed by atoms with Gasteiger partial charge in [0.25, 0.3) is 0 Å². The SMILES string of the molecule is CC(=O)OCC1=CCN(C(C)=O)[C@@H]1[C@H]1COC(C)(C)O1. The second-order valence-corrected chi connectivity index (χ2v) is 5.54. The Kier molecular flexibility index (Phi) is 4.15. The van der Waals surface area contributed by atoms with Crippen LogP contribution in [0.4, 0.5) is 0 Å². The Morgan fingerprint density at radius 3 is 2.65 bits per heavy atom. The van der Waals surface area contributed by atoms with E-state index in [-0.39, 0.29) is 30.6 Å². The quantitative estimate of drug-likeness (QED) is 0.568. The Bertz CT molecular complexity index is 443. The molecule has 6 heteroatoms. The highest BCUT2D eigenvalue weighted by Gasteiger charge is 2.43. The maximum atomic E-state index is 11.7. The fraction of sp³-hybridized carbons (Fsp3) is 0.714. The Balaban J connectivity index is 2.12. The van der Waals surface area contributed by atoms with Crippen LogP contribution < -0.4 is 0 Å². The summed E-state index contributed by atoms with van der Waals surface area (Å²) in [5.74, 6) is -1.02. The summed E-state index contributed by atoms with van der Waals surface area (Å²) in [6.07, 6.45) is 1.68. The largest absolute Gasteiger partial charge is 0.461 e. The summed E-state index contributed by atoms with van der Waals surface area (Å²) in [5.41, 5.74) is 0.890. The smallest absolute Gasteiger partial charge is 0.302 e. The number of hydrogen-bond acceptors (Lipinski definition) is 5. The van der Waals surface area contributed by atoms with E-state index in [2.05, 4.69) is 0 Å².